The van der Waals surface area contributed by atoms with Crippen molar-refractivity contribution in [2.75, 3.05) is 31.2 Å². The van der Waals surface area contributed by atoms with Crippen LogP contribution in [0.5, 0.6) is 17.5 Å². The van der Waals surface area contributed by atoms with Crippen molar-refractivity contribution in [2.45, 2.75) is 44.4 Å². The number of rotatable bonds is 7. The van der Waals surface area contributed by atoms with Gasteiger partial charge in [-0.05, 0) is 36.6 Å². The normalized spacial score (nSPS) is 18.3. The first kappa shape index (κ1) is 26.6. The number of hydrogen-bond acceptors (Lipinski definition) is 8. The zero-order valence-electron chi connectivity index (χ0n) is 22.5. The van der Waals surface area contributed by atoms with Gasteiger partial charge in [-0.1, -0.05) is 35.9 Å². The van der Waals surface area contributed by atoms with Crippen molar-refractivity contribution in [3.05, 3.63) is 69.5 Å². The van der Waals surface area contributed by atoms with Crippen molar-refractivity contribution in [1.82, 2.24) is 19.1 Å². The molecule has 2 N–H and O–H groups in total. The summed E-state index contributed by atoms with van der Waals surface area (Å²) in [5.41, 5.74) is 7.63. The monoisotopic (exact) mass is 564 g/mol. The van der Waals surface area contributed by atoms with E-state index < -0.39 is 0 Å². The predicted octanol–water partition coefficient (Wildman–Crippen LogP) is 4.11. The molecule has 210 valence electrons. The molecule has 0 amide bonds. The molecule has 40 heavy (non-hydrogen) atoms. The van der Waals surface area contributed by atoms with E-state index in [2.05, 4.69) is 4.90 Å². The predicted molar refractivity (Wildman–Crippen MR) is 154 cm³/mol. The number of hydrogen-bond donors (Lipinski definition) is 1. The number of imidazole rings is 1. The van der Waals surface area contributed by atoms with E-state index in [4.69, 9.17) is 41.5 Å². The topological polar surface area (TPSA) is 110 Å². The van der Waals surface area contributed by atoms with Crippen LogP contribution in [0.3, 0.4) is 0 Å². The summed E-state index contributed by atoms with van der Waals surface area (Å²) < 4.78 is 21.0. The lowest BCUT2D eigenvalue weighted by molar-refractivity contribution is 0.0255. The van der Waals surface area contributed by atoms with E-state index in [-0.39, 0.29) is 23.7 Å². The van der Waals surface area contributed by atoms with E-state index in [0.29, 0.717) is 59.9 Å². The summed E-state index contributed by atoms with van der Waals surface area (Å²) in [6.45, 7) is 3.21. The molecule has 0 spiro atoms. The average molecular weight is 565 g/mol. The summed E-state index contributed by atoms with van der Waals surface area (Å²) in [4.78, 5) is 25.5. The van der Waals surface area contributed by atoms with Gasteiger partial charge in [0.1, 0.15) is 17.6 Å². The van der Waals surface area contributed by atoms with Crippen molar-refractivity contribution >= 4 is 28.7 Å². The molecule has 0 radical (unpaired) electrons. The van der Waals surface area contributed by atoms with Crippen LogP contribution in [0.2, 0.25) is 5.02 Å². The van der Waals surface area contributed by atoms with Gasteiger partial charge in [0.25, 0.3) is 5.56 Å². The Balaban J connectivity index is 1.37. The van der Waals surface area contributed by atoms with Gasteiger partial charge in [-0.2, -0.15) is 9.97 Å². The summed E-state index contributed by atoms with van der Waals surface area (Å²) >= 11 is 6.51. The van der Waals surface area contributed by atoms with Crippen LogP contribution >= 0.6 is 11.6 Å². The fourth-order valence-electron chi connectivity index (χ4n) is 5.30. The van der Waals surface area contributed by atoms with Gasteiger partial charge < -0.3 is 24.8 Å². The Labute approximate surface area is 237 Å². The van der Waals surface area contributed by atoms with Crippen LogP contribution in [-0.4, -0.2) is 57.6 Å². The number of anilines is 1. The molecule has 0 unspecified atom stereocenters. The van der Waals surface area contributed by atoms with Gasteiger partial charge in [-0.15, -0.1) is 0 Å². The molecule has 2 aliphatic heterocycles. The van der Waals surface area contributed by atoms with Crippen molar-refractivity contribution < 1.29 is 14.2 Å². The molecule has 0 aliphatic carbocycles. The molecule has 2 saturated heterocycles. The largest absolute Gasteiger partial charge is 0.490 e. The van der Waals surface area contributed by atoms with E-state index in [9.17, 15) is 4.79 Å². The number of halogens is 1. The average Bonchev–Trinajstić information content (AvgIpc) is 3.31. The second-order valence-electron chi connectivity index (χ2n) is 10.4. The summed E-state index contributed by atoms with van der Waals surface area (Å²) in [6, 6.07) is 15.2. The SMILES string of the molecule is Cn1c(Oc2cccc(OC3CCOCC3)c2)nc2nc(N3CCC[C@@H](N)C3)n(Cc3ccccc3Cl)c2c1=O. The molecule has 2 aliphatic rings. The van der Waals surface area contributed by atoms with Crippen LogP contribution in [0.25, 0.3) is 11.2 Å². The lowest BCUT2D eigenvalue weighted by Crippen LogP contribution is -2.44. The van der Waals surface area contributed by atoms with Crippen molar-refractivity contribution in [2.24, 2.45) is 12.8 Å². The lowest BCUT2D eigenvalue weighted by atomic mass is 10.1. The molecule has 0 bridgehead atoms. The van der Waals surface area contributed by atoms with Crippen LogP contribution in [0.1, 0.15) is 31.2 Å². The van der Waals surface area contributed by atoms with Crippen LogP contribution < -0.4 is 25.7 Å². The third-order valence-corrected chi connectivity index (χ3v) is 7.81. The fourth-order valence-corrected chi connectivity index (χ4v) is 5.50. The molecule has 4 aromatic rings. The number of nitrogens with zero attached hydrogens (tertiary/aromatic N) is 5. The maximum Gasteiger partial charge on any atom is 0.306 e. The zero-order valence-corrected chi connectivity index (χ0v) is 23.2. The van der Waals surface area contributed by atoms with Gasteiger partial charge in [-0.25, -0.2) is 0 Å². The van der Waals surface area contributed by atoms with E-state index >= 15 is 0 Å². The highest BCUT2D eigenvalue weighted by atomic mass is 35.5. The second-order valence-corrected chi connectivity index (χ2v) is 10.8. The first-order valence-corrected chi connectivity index (χ1v) is 14.1. The van der Waals surface area contributed by atoms with E-state index in [1.54, 1.807) is 7.05 Å². The minimum absolute atomic E-state index is 0.0349. The highest BCUT2D eigenvalue weighted by Crippen LogP contribution is 2.29. The van der Waals surface area contributed by atoms with Gasteiger partial charge in [0.2, 0.25) is 5.95 Å². The number of piperidine rings is 1. The number of benzene rings is 2. The van der Waals surface area contributed by atoms with Gasteiger partial charge in [0, 0.05) is 50.1 Å². The summed E-state index contributed by atoms with van der Waals surface area (Å²) in [5, 5.41) is 0.623. The van der Waals surface area contributed by atoms with E-state index in [1.807, 2.05) is 53.1 Å². The van der Waals surface area contributed by atoms with Gasteiger partial charge in [0.15, 0.2) is 11.2 Å². The van der Waals surface area contributed by atoms with Crippen LogP contribution in [0.4, 0.5) is 5.95 Å². The minimum atomic E-state index is -0.262. The Hall–Kier alpha value is -3.60. The maximum absolute atomic E-state index is 13.8. The molecule has 2 aromatic heterocycles. The van der Waals surface area contributed by atoms with E-state index in [1.165, 1.54) is 4.57 Å². The summed E-state index contributed by atoms with van der Waals surface area (Å²) in [7, 11) is 1.65. The highest BCUT2D eigenvalue weighted by molar-refractivity contribution is 6.31. The number of fused-ring (bicyclic) bond motifs is 1. The Morgan fingerprint density at radius 1 is 1.07 bits per heavy atom. The van der Waals surface area contributed by atoms with E-state index in [0.717, 1.165) is 37.8 Å². The van der Waals surface area contributed by atoms with Crippen LogP contribution in [0, 0.1) is 0 Å². The number of aromatic nitrogens is 4. The Morgan fingerprint density at radius 3 is 2.67 bits per heavy atom. The Morgan fingerprint density at radius 2 is 1.88 bits per heavy atom. The van der Waals surface area contributed by atoms with Gasteiger partial charge in [-0.3, -0.25) is 13.9 Å². The van der Waals surface area contributed by atoms with Gasteiger partial charge >= 0.3 is 6.01 Å². The summed E-state index contributed by atoms with van der Waals surface area (Å²) in [6.07, 6.45) is 3.70. The smallest absolute Gasteiger partial charge is 0.306 e. The quantitative estimate of drug-likeness (QED) is 0.357. The third-order valence-electron chi connectivity index (χ3n) is 7.44. The fraction of sp³-hybridized carbons (Fsp3) is 0.414. The molecule has 0 saturated carbocycles. The lowest BCUT2D eigenvalue weighted by Gasteiger charge is -2.31. The van der Waals surface area contributed by atoms with Crippen molar-refractivity contribution in [1.29, 1.82) is 0 Å². The summed E-state index contributed by atoms with van der Waals surface area (Å²) in [5.74, 6) is 1.87. The van der Waals surface area contributed by atoms with Crippen LogP contribution in [-0.2, 0) is 18.3 Å². The van der Waals surface area contributed by atoms with Crippen molar-refractivity contribution in [3.63, 3.8) is 0 Å². The first-order chi connectivity index (χ1) is 19.5. The molecular formula is C29H33ClN6O4. The Kier molecular flexibility index (Phi) is 7.64. The standard InChI is InChI=1S/C29H33ClN6O4/c1-34-27(37)25-26(33-29(34)40-23-9-4-8-22(16-23)39-21-11-14-38-15-12-21)32-28(35-13-5-7-20(31)18-35)36(25)17-19-6-2-3-10-24(19)30/h2-4,6,8-10,16,20-21H,5,7,11-15,17-18,31H2,1H3/t20-/m1/s1. The first-order valence-electron chi connectivity index (χ1n) is 13.7. The zero-order chi connectivity index (χ0) is 27.6. The molecule has 11 heteroatoms. The molecule has 4 heterocycles. The Bertz CT molecular complexity index is 1560. The van der Waals surface area contributed by atoms with Gasteiger partial charge in [0.05, 0.1) is 19.8 Å². The maximum atomic E-state index is 13.8. The minimum Gasteiger partial charge on any atom is -0.490 e. The third kappa shape index (κ3) is 5.52. The molecule has 2 fully saturated rings. The second kappa shape index (κ2) is 11.5. The molecular weight excluding hydrogens is 532 g/mol. The number of ether oxygens (including phenoxy) is 3. The molecule has 2 aromatic carbocycles. The molecule has 6 rings (SSSR count). The number of nitrogens with two attached hydrogens (primary N) is 1. The highest BCUT2D eigenvalue weighted by Gasteiger charge is 2.26. The molecule has 10 nitrogen and oxygen atoms in total. The molecule has 1 atom stereocenters. The van der Waals surface area contributed by atoms with Crippen LogP contribution in [0.15, 0.2) is 53.3 Å². The van der Waals surface area contributed by atoms with Crippen molar-refractivity contribution in [3.8, 4) is 17.5 Å².